The normalized spacial score (nSPS) is 11.5. The number of nitrogens with zero attached hydrogens (tertiary/aromatic N) is 8. The molecule has 10 aromatic rings. The third-order valence-electron chi connectivity index (χ3n) is 10.3. The van der Waals surface area contributed by atoms with Crippen LogP contribution in [-0.2, 0) is 26.5 Å². The van der Waals surface area contributed by atoms with Crippen molar-refractivity contribution in [3.8, 4) is 56.7 Å². The Morgan fingerprint density at radius 3 is 1.36 bits per heavy atom. The number of hydrogen-bond donors (Lipinski definition) is 0. The fourth-order valence-corrected chi connectivity index (χ4v) is 7.36. The molecule has 0 bridgehead atoms. The van der Waals surface area contributed by atoms with E-state index in [-0.39, 0.29) is 21.1 Å². The first-order valence-electron chi connectivity index (χ1n) is 18.8. The van der Waals surface area contributed by atoms with E-state index in [9.17, 15) is 0 Å². The summed E-state index contributed by atoms with van der Waals surface area (Å²) < 4.78 is 4.20. The molecular weight excluding hydrogens is 896 g/mol. The van der Waals surface area contributed by atoms with Crippen LogP contribution in [0.1, 0.15) is 25.2 Å². The molecule has 0 aliphatic rings. The number of para-hydroxylation sites is 2. The first-order valence-corrected chi connectivity index (χ1v) is 18.8. The molecule has 6 aromatic heterocycles. The van der Waals surface area contributed by atoms with Crippen LogP contribution in [0.4, 0.5) is 0 Å². The quantitative estimate of drug-likeness (QED) is 0.141. The van der Waals surface area contributed by atoms with E-state index in [1.807, 2.05) is 97.1 Å². The largest absolute Gasteiger partial charge is 2.00 e. The van der Waals surface area contributed by atoms with Crippen molar-refractivity contribution in [3.05, 3.63) is 194 Å². The summed E-state index contributed by atoms with van der Waals surface area (Å²) in [7, 11) is 0. The van der Waals surface area contributed by atoms with E-state index in [2.05, 4.69) is 106 Å². The van der Waals surface area contributed by atoms with Gasteiger partial charge in [-0.1, -0.05) is 71.8 Å². The van der Waals surface area contributed by atoms with E-state index in [4.69, 9.17) is 19.9 Å². The van der Waals surface area contributed by atoms with Crippen LogP contribution in [0.2, 0.25) is 0 Å². The van der Waals surface area contributed by atoms with Gasteiger partial charge in [0.15, 0.2) is 11.3 Å². The minimum absolute atomic E-state index is 0. The molecule has 10 rings (SSSR count). The summed E-state index contributed by atoms with van der Waals surface area (Å²) in [6, 6.07) is 59.5. The van der Waals surface area contributed by atoms with Crippen molar-refractivity contribution < 1.29 is 21.1 Å². The van der Waals surface area contributed by atoms with Gasteiger partial charge in [-0.05, 0) is 85.9 Å². The summed E-state index contributed by atoms with van der Waals surface area (Å²) in [5.41, 5.74) is 11.8. The third-order valence-corrected chi connectivity index (χ3v) is 10.3. The van der Waals surface area contributed by atoms with Gasteiger partial charge >= 0.3 is 21.1 Å². The van der Waals surface area contributed by atoms with Gasteiger partial charge in [-0.3, -0.25) is 9.13 Å². The topological polar surface area (TPSA) is 87.2 Å². The van der Waals surface area contributed by atoms with Gasteiger partial charge in [-0.15, -0.1) is 59.7 Å². The molecule has 0 saturated heterocycles. The van der Waals surface area contributed by atoms with E-state index < -0.39 is 5.41 Å². The molecule has 8 nitrogen and oxygen atoms in total. The van der Waals surface area contributed by atoms with Crippen molar-refractivity contribution in [2.24, 2.45) is 0 Å². The van der Waals surface area contributed by atoms with Crippen LogP contribution >= 0.6 is 0 Å². The molecule has 0 amide bonds. The maximum Gasteiger partial charge on any atom is 2.00 e. The van der Waals surface area contributed by atoms with Crippen molar-refractivity contribution >= 4 is 22.3 Å². The van der Waals surface area contributed by atoms with Crippen LogP contribution in [0.25, 0.3) is 79.0 Å². The molecule has 6 heterocycles. The Balaban J connectivity index is 0.00000436. The Bertz CT molecular complexity index is 2860. The van der Waals surface area contributed by atoms with Gasteiger partial charge in [0.05, 0.1) is 0 Å². The molecule has 0 aliphatic carbocycles. The third kappa shape index (κ3) is 6.61. The molecule has 0 atom stereocenters. The fraction of sp³-hybridized carbons (Fsp3) is 0.0612. The van der Waals surface area contributed by atoms with E-state index >= 15 is 0 Å². The minimum atomic E-state index is -0.527. The predicted molar refractivity (Wildman–Crippen MR) is 225 cm³/mol. The van der Waals surface area contributed by atoms with Gasteiger partial charge in [-0.25, -0.2) is 19.9 Å². The van der Waals surface area contributed by atoms with E-state index in [0.29, 0.717) is 0 Å². The number of hydrogen-bond acceptors (Lipinski definition) is 6. The van der Waals surface area contributed by atoms with Gasteiger partial charge in [0.1, 0.15) is 22.7 Å². The monoisotopic (exact) mass is 929 g/mol. The van der Waals surface area contributed by atoms with Crippen LogP contribution < -0.4 is 0 Å². The molecule has 280 valence electrons. The Morgan fingerprint density at radius 2 is 0.914 bits per heavy atom. The maximum absolute atomic E-state index is 5.23. The zero-order chi connectivity index (χ0) is 38.3. The second-order valence-electron chi connectivity index (χ2n) is 14.3. The Hall–Kier alpha value is -6.89. The van der Waals surface area contributed by atoms with Crippen LogP contribution in [-0.4, -0.2) is 39.0 Å². The number of aromatic nitrogens is 8. The van der Waals surface area contributed by atoms with Gasteiger partial charge in [-0.2, -0.15) is 0 Å². The van der Waals surface area contributed by atoms with Crippen LogP contribution in [0.3, 0.4) is 0 Å². The van der Waals surface area contributed by atoms with Gasteiger partial charge in [0, 0.05) is 40.6 Å². The number of fused-ring (bicyclic) bond motifs is 2. The molecule has 0 radical (unpaired) electrons. The summed E-state index contributed by atoms with van der Waals surface area (Å²) in [6.07, 6.45) is 3.60. The Morgan fingerprint density at radius 1 is 0.466 bits per heavy atom. The standard InChI is InChI=1S/C49H34N8.Pt/c1-49(2,43-27-11-23-39(52-43)33-15-9-17-35(31-33)45-54-41-25-13-29-50-47(41)56(45)37-19-5-3-6-20-37)44-28-12-24-40(53-44)34-16-10-18-36(32-34)46-55-42-26-14-30-51-48(42)57(46)38-21-7-4-8-22-38;/h3-14,17-32H,1-2H3;/q-2;+2. The molecule has 4 aromatic carbocycles. The SMILES string of the molecule is CC(C)(c1cccc(-c2[c-]ccc(-c3nc4cccnc4n3-c3ccccc3)c2)n1)c1cccc(-c2[c-]ccc(-c3nc4cccnc4n3-c3ccccc3)c2)n1.[Pt+2]. The van der Waals surface area contributed by atoms with Crippen molar-refractivity contribution in [3.63, 3.8) is 0 Å². The molecule has 9 heteroatoms. The molecule has 58 heavy (non-hydrogen) atoms. The number of benzene rings is 4. The van der Waals surface area contributed by atoms with Crippen molar-refractivity contribution in [1.29, 1.82) is 0 Å². The molecule has 0 unspecified atom stereocenters. The summed E-state index contributed by atoms with van der Waals surface area (Å²) in [5, 5.41) is 0. The summed E-state index contributed by atoms with van der Waals surface area (Å²) in [4.78, 5) is 29.9. The van der Waals surface area contributed by atoms with Crippen molar-refractivity contribution in [2.75, 3.05) is 0 Å². The second-order valence-corrected chi connectivity index (χ2v) is 14.3. The van der Waals surface area contributed by atoms with Crippen LogP contribution in [0.15, 0.2) is 170 Å². The summed E-state index contributed by atoms with van der Waals surface area (Å²) >= 11 is 0. The maximum atomic E-state index is 5.23. The van der Waals surface area contributed by atoms with E-state index in [0.717, 1.165) is 90.4 Å². The average molecular weight is 930 g/mol. The zero-order valence-electron chi connectivity index (χ0n) is 31.6. The molecular formula is C49H34N8Pt. The molecule has 0 fully saturated rings. The molecule has 0 saturated carbocycles. The zero-order valence-corrected chi connectivity index (χ0v) is 33.8. The van der Waals surface area contributed by atoms with Crippen molar-refractivity contribution in [2.45, 2.75) is 19.3 Å². The summed E-state index contributed by atoms with van der Waals surface area (Å²) in [5.74, 6) is 1.61. The van der Waals surface area contributed by atoms with E-state index in [1.54, 1.807) is 12.4 Å². The smallest absolute Gasteiger partial charge is 0.300 e. The van der Waals surface area contributed by atoms with Crippen LogP contribution in [0, 0.1) is 12.1 Å². The Labute approximate surface area is 350 Å². The number of rotatable bonds is 8. The van der Waals surface area contributed by atoms with Gasteiger partial charge in [0.2, 0.25) is 0 Å². The second kappa shape index (κ2) is 15.2. The molecule has 0 N–H and O–H groups in total. The average Bonchev–Trinajstić information content (AvgIpc) is 3.87. The summed E-state index contributed by atoms with van der Waals surface area (Å²) in [6.45, 7) is 4.33. The minimum Gasteiger partial charge on any atom is -0.300 e. The van der Waals surface area contributed by atoms with Gasteiger partial charge in [0.25, 0.3) is 0 Å². The van der Waals surface area contributed by atoms with Crippen molar-refractivity contribution in [1.82, 2.24) is 39.0 Å². The molecule has 0 spiro atoms. The number of imidazole rings is 2. The van der Waals surface area contributed by atoms with Crippen LogP contribution in [0.5, 0.6) is 0 Å². The first kappa shape index (κ1) is 36.7. The molecule has 0 aliphatic heterocycles. The van der Waals surface area contributed by atoms with Gasteiger partial charge < -0.3 is 9.97 Å². The first-order chi connectivity index (χ1) is 28.0. The number of pyridine rings is 4. The predicted octanol–water partition coefficient (Wildman–Crippen LogP) is 10.5. The fourth-order valence-electron chi connectivity index (χ4n) is 7.36. The van der Waals surface area contributed by atoms with E-state index in [1.165, 1.54) is 0 Å². The Kier molecular flexibility index (Phi) is 9.64.